The average Bonchev–Trinajstić information content (AvgIpc) is 2.31. The zero-order valence-corrected chi connectivity index (χ0v) is 16.0. The molecule has 2 unspecified atom stereocenters. The average molecular weight is 314 g/mol. The number of hydrogen-bond acceptors (Lipinski definition) is 4. The van der Waals surface area contributed by atoms with Crippen LogP contribution >= 0.6 is 0 Å². The predicted molar refractivity (Wildman–Crippen MR) is 88.4 cm³/mol. The van der Waals surface area contributed by atoms with Gasteiger partial charge in [-0.05, 0) is 31.1 Å². The van der Waals surface area contributed by atoms with E-state index in [0.29, 0.717) is 6.42 Å². The highest BCUT2D eigenvalue weighted by atomic mass is 16.6. The van der Waals surface area contributed by atoms with Gasteiger partial charge in [0.05, 0.1) is 18.9 Å². The first-order valence-electron chi connectivity index (χ1n) is 7.98. The van der Waals surface area contributed by atoms with Gasteiger partial charge < -0.3 is 9.47 Å². The predicted octanol–water partition coefficient (Wildman–Crippen LogP) is 4.22. The molecule has 0 bridgehead atoms. The second-order valence-electron chi connectivity index (χ2n) is 8.74. The lowest BCUT2D eigenvalue weighted by Gasteiger charge is -2.41. The van der Waals surface area contributed by atoms with Crippen molar-refractivity contribution in [3.63, 3.8) is 0 Å². The van der Waals surface area contributed by atoms with Gasteiger partial charge in [0.1, 0.15) is 5.60 Å². The third-order valence-corrected chi connectivity index (χ3v) is 4.14. The molecule has 0 aliphatic carbocycles. The first-order valence-corrected chi connectivity index (χ1v) is 7.98. The van der Waals surface area contributed by atoms with Crippen LogP contribution in [0.1, 0.15) is 68.7 Å². The van der Waals surface area contributed by atoms with E-state index in [2.05, 4.69) is 0 Å². The Morgan fingerprint density at radius 1 is 0.818 bits per heavy atom. The summed E-state index contributed by atoms with van der Waals surface area (Å²) in [6.07, 6.45) is 0.716. The molecule has 0 amide bonds. The molecule has 22 heavy (non-hydrogen) atoms. The SMILES string of the molecule is CCC(C)(C)OC(=O)C(C(C(=O)OC)C(C)(C)C)C(C)(C)C. The zero-order valence-electron chi connectivity index (χ0n) is 16.0. The molecular weight excluding hydrogens is 280 g/mol. The lowest BCUT2D eigenvalue weighted by atomic mass is 9.64. The van der Waals surface area contributed by atoms with Gasteiger partial charge in [-0.25, -0.2) is 0 Å². The fourth-order valence-corrected chi connectivity index (χ4v) is 2.51. The number of rotatable bonds is 5. The Hall–Kier alpha value is -1.06. The van der Waals surface area contributed by atoms with Gasteiger partial charge in [-0.15, -0.1) is 0 Å². The maximum atomic E-state index is 12.8. The van der Waals surface area contributed by atoms with Crippen LogP contribution in [0.15, 0.2) is 0 Å². The molecule has 0 rings (SSSR count). The molecule has 0 aromatic rings. The Morgan fingerprint density at radius 2 is 1.18 bits per heavy atom. The fourth-order valence-electron chi connectivity index (χ4n) is 2.51. The van der Waals surface area contributed by atoms with Gasteiger partial charge in [0.15, 0.2) is 0 Å². The molecule has 0 aliphatic rings. The van der Waals surface area contributed by atoms with Crippen LogP contribution in [0.2, 0.25) is 0 Å². The Morgan fingerprint density at radius 3 is 1.45 bits per heavy atom. The molecule has 0 aliphatic heterocycles. The van der Waals surface area contributed by atoms with Crippen molar-refractivity contribution < 1.29 is 19.1 Å². The summed E-state index contributed by atoms with van der Waals surface area (Å²) in [5.41, 5.74) is -1.35. The number of carbonyl (C=O) groups is 2. The second kappa shape index (κ2) is 7.01. The molecule has 0 saturated carbocycles. The minimum absolute atomic E-state index is 0.329. The van der Waals surface area contributed by atoms with E-state index < -0.39 is 28.3 Å². The van der Waals surface area contributed by atoms with Crippen molar-refractivity contribution in [3.8, 4) is 0 Å². The third kappa shape index (κ3) is 5.62. The third-order valence-electron chi connectivity index (χ3n) is 4.14. The molecule has 4 heteroatoms. The zero-order chi connectivity index (χ0) is 17.9. The van der Waals surface area contributed by atoms with Crippen molar-refractivity contribution in [1.82, 2.24) is 0 Å². The standard InChI is InChI=1S/C18H34O4/c1-11-18(8,9)22-15(20)13(17(5,6)7)12(14(19)21-10)16(2,3)4/h12-13H,11H2,1-10H3. The summed E-state index contributed by atoms with van der Waals surface area (Å²) >= 11 is 0. The van der Waals surface area contributed by atoms with E-state index in [-0.39, 0.29) is 11.9 Å². The van der Waals surface area contributed by atoms with E-state index >= 15 is 0 Å². The lowest BCUT2D eigenvalue weighted by Crippen LogP contribution is -2.47. The van der Waals surface area contributed by atoms with Crippen LogP contribution in [0.4, 0.5) is 0 Å². The maximum absolute atomic E-state index is 12.8. The molecule has 0 N–H and O–H groups in total. The Bertz CT molecular complexity index is 396. The first-order chi connectivity index (χ1) is 9.67. The van der Waals surface area contributed by atoms with Gasteiger partial charge in [-0.1, -0.05) is 48.5 Å². The van der Waals surface area contributed by atoms with E-state index in [0.717, 1.165) is 0 Å². The van der Waals surface area contributed by atoms with Gasteiger partial charge in [0.25, 0.3) is 0 Å². The number of ether oxygens (including phenoxy) is 2. The highest BCUT2D eigenvalue weighted by molar-refractivity contribution is 5.83. The van der Waals surface area contributed by atoms with E-state index in [9.17, 15) is 9.59 Å². The van der Waals surface area contributed by atoms with E-state index in [1.165, 1.54) is 7.11 Å². The van der Waals surface area contributed by atoms with Crippen LogP contribution < -0.4 is 0 Å². The Kier molecular flexibility index (Phi) is 6.67. The van der Waals surface area contributed by atoms with Crippen molar-refractivity contribution in [2.75, 3.05) is 7.11 Å². The molecule has 2 atom stereocenters. The van der Waals surface area contributed by atoms with Crippen LogP contribution in [0, 0.1) is 22.7 Å². The summed E-state index contributed by atoms with van der Waals surface area (Å²) in [5.74, 6) is -1.81. The van der Waals surface area contributed by atoms with Crippen LogP contribution in [0.3, 0.4) is 0 Å². The molecule has 130 valence electrons. The molecule has 0 fully saturated rings. The smallest absolute Gasteiger partial charge is 0.310 e. The summed E-state index contributed by atoms with van der Waals surface area (Å²) in [7, 11) is 1.36. The van der Waals surface area contributed by atoms with Gasteiger partial charge in [-0.3, -0.25) is 9.59 Å². The number of methoxy groups -OCH3 is 1. The van der Waals surface area contributed by atoms with Crippen LogP contribution in [0.25, 0.3) is 0 Å². The monoisotopic (exact) mass is 314 g/mol. The minimum atomic E-state index is -0.564. The van der Waals surface area contributed by atoms with E-state index in [1.54, 1.807) is 0 Å². The van der Waals surface area contributed by atoms with Gasteiger partial charge >= 0.3 is 11.9 Å². The molecule has 0 aromatic heterocycles. The molecule has 0 saturated heterocycles. The quantitative estimate of drug-likeness (QED) is 0.713. The highest BCUT2D eigenvalue weighted by Crippen LogP contribution is 2.43. The number of esters is 2. The van der Waals surface area contributed by atoms with Crippen LogP contribution in [-0.2, 0) is 19.1 Å². The summed E-state index contributed by atoms with van der Waals surface area (Å²) in [4.78, 5) is 25.2. The maximum Gasteiger partial charge on any atom is 0.310 e. The summed E-state index contributed by atoms with van der Waals surface area (Å²) < 4.78 is 10.7. The second-order valence-corrected chi connectivity index (χ2v) is 8.74. The number of carbonyl (C=O) groups excluding carboxylic acids is 2. The fraction of sp³-hybridized carbons (Fsp3) is 0.889. The number of hydrogen-bond donors (Lipinski definition) is 0. The van der Waals surface area contributed by atoms with E-state index in [1.807, 2.05) is 62.3 Å². The van der Waals surface area contributed by atoms with Gasteiger partial charge in [0.2, 0.25) is 0 Å². The van der Waals surface area contributed by atoms with Gasteiger partial charge in [-0.2, -0.15) is 0 Å². The largest absolute Gasteiger partial charge is 0.469 e. The lowest BCUT2D eigenvalue weighted by molar-refractivity contribution is -0.178. The van der Waals surface area contributed by atoms with E-state index in [4.69, 9.17) is 9.47 Å². The summed E-state index contributed by atoms with van der Waals surface area (Å²) in [5, 5.41) is 0. The Labute approximate surface area is 135 Å². The Balaban J connectivity index is 5.80. The van der Waals surface area contributed by atoms with Crippen molar-refractivity contribution in [1.29, 1.82) is 0 Å². The van der Waals surface area contributed by atoms with Crippen molar-refractivity contribution in [2.45, 2.75) is 74.3 Å². The van der Waals surface area contributed by atoms with Crippen molar-refractivity contribution in [3.05, 3.63) is 0 Å². The normalized spacial score (nSPS) is 15.9. The molecular formula is C18H34O4. The first kappa shape index (κ1) is 20.9. The highest BCUT2D eigenvalue weighted by Gasteiger charge is 2.49. The summed E-state index contributed by atoms with van der Waals surface area (Å²) in [6, 6.07) is 0. The van der Waals surface area contributed by atoms with Crippen LogP contribution in [0.5, 0.6) is 0 Å². The molecule has 0 radical (unpaired) electrons. The van der Waals surface area contributed by atoms with Crippen molar-refractivity contribution in [2.24, 2.45) is 22.7 Å². The topological polar surface area (TPSA) is 52.6 Å². The molecule has 4 nitrogen and oxygen atoms in total. The molecule has 0 heterocycles. The van der Waals surface area contributed by atoms with Crippen molar-refractivity contribution >= 4 is 11.9 Å². The van der Waals surface area contributed by atoms with Crippen LogP contribution in [-0.4, -0.2) is 24.6 Å². The molecule has 0 spiro atoms. The van der Waals surface area contributed by atoms with Gasteiger partial charge in [0, 0.05) is 0 Å². The minimum Gasteiger partial charge on any atom is -0.469 e. The molecule has 0 aromatic carbocycles. The summed E-state index contributed by atoms with van der Waals surface area (Å²) in [6.45, 7) is 17.5.